The van der Waals surface area contributed by atoms with Crippen molar-refractivity contribution >= 4 is 23.3 Å². The number of aromatic nitrogens is 4. The Kier molecular flexibility index (Phi) is 7.17. The molecule has 5 aromatic rings. The summed E-state index contributed by atoms with van der Waals surface area (Å²) in [4.78, 5) is 30.1. The van der Waals surface area contributed by atoms with Crippen LogP contribution >= 0.6 is 0 Å². The van der Waals surface area contributed by atoms with Crippen LogP contribution in [0.15, 0.2) is 99.6 Å². The molecule has 2 aromatic heterocycles. The number of hydrogen-bond donors (Lipinski definition) is 1. The molecule has 0 spiro atoms. The summed E-state index contributed by atoms with van der Waals surface area (Å²) >= 11 is 0. The molecule has 2 heterocycles. The van der Waals surface area contributed by atoms with E-state index in [9.17, 15) is 9.59 Å². The first-order valence-electron chi connectivity index (χ1n) is 12.3. The van der Waals surface area contributed by atoms with E-state index in [0.717, 1.165) is 27.0 Å². The lowest BCUT2D eigenvalue weighted by atomic mass is 10.1. The summed E-state index contributed by atoms with van der Waals surface area (Å²) < 4.78 is 10.1. The minimum absolute atomic E-state index is 0.309. The van der Waals surface area contributed by atoms with Gasteiger partial charge in [0.25, 0.3) is 5.56 Å². The minimum Gasteiger partial charge on any atom is -0.489 e. The van der Waals surface area contributed by atoms with Gasteiger partial charge in [-0.05, 0) is 47.4 Å². The van der Waals surface area contributed by atoms with Gasteiger partial charge in [0, 0.05) is 20.6 Å². The first-order chi connectivity index (χ1) is 18.5. The van der Waals surface area contributed by atoms with E-state index in [2.05, 4.69) is 15.5 Å². The summed E-state index contributed by atoms with van der Waals surface area (Å²) in [5.74, 6) is 1.15. The second-order valence-corrected chi connectivity index (χ2v) is 8.91. The number of imidazole rings is 1. The second kappa shape index (κ2) is 11.0. The van der Waals surface area contributed by atoms with Crippen LogP contribution in [0.5, 0.6) is 5.75 Å². The number of nitrogens with zero attached hydrogens (tertiary/aromatic N) is 5. The van der Waals surface area contributed by atoms with Crippen molar-refractivity contribution in [2.45, 2.75) is 19.6 Å². The zero-order chi connectivity index (χ0) is 26.5. The molecule has 9 heteroatoms. The summed E-state index contributed by atoms with van der Waals surface area (Å²) in [5, 5.41) is 4.35. The fourth-order valence-electron chi connectivity index (χ4n) is 4.19. The molecule has 0 unspecified atom stereocenters. The predicted molar refractivity (Wildman–Crippen MR) is 149 cm³/mol. The minimum atomic E-state index is -0.431. The Morgan fingerprint density at radius 3 is 2.21 bits per heavy atom. The van der Waals surface area contributed by atoms with E-state index in [0.29, 0.717) is 36.7 Å². The molecule has 0 bridgehead atoms. The van der Waals surface area contributed by atoms with Gasteiger partial charge in [-0.1, -0.05) is 60.7 Å². The number of rotatable bonds is 9. The molecular formula is C29H28N6O3. The number of benzene rings is 3. The van der Waals surface area contributed by atoms with Gasteiger partial charge in [-0.15, -0.1) is 0 Å². The van der Waals surface area contributed by atoms with Gasteiger partial charge in [0.1, 0.15) is 12.4 Å². The van der Waals surface area contributed by atoms with Gasteiger partial charge in [0.05, 0.1) is 6.21 Å². The number of hydrazone groups is 1. The topological polar surface area (TPSA) is 95.4 Å². The molecule has 0 aliphatic carbocycles. The molecule has 0 fully saturated rings. The number of nitrogens with one attached hydrogen (secondary N) is 1. The first kappa shape index (κ1) is 24.8. The molecule has 192 valence electrons. The summed E-state index contributed by atoms with van der Waals surface area (Å²) in [6.45, 7) is 0.982. The van der Waals surface area contributed by atoms with E-state index in [1.54, 1.807) is 17.8 Å². The lowest BCUT2D eigenvalue weighted by molar-refractivity contribution is 0.306. The molecule has 0 saturated heterocycles. The highest BCUT2D eigenvalue weighted by Crippen LogP contribution is 2.18. The molecule has 9 nitrogen and oxygen atoms in total. The lowest BCUT2D eigenvalue weighted by Crippen LogP contribution is -2.37. The maximum Gasteiger partial charge on any atom is 0.332 e. The van der Waals surface area contributed by atoms with Gasteiger partial charge < -0.3 is 9.30 Å². The van der Waals surface area contributed by atoms with Crippen LogP contribution in [-0.2, 0) is 33.7 Å². The van der Waals surface area contributed by atoms with Crippen LogP contribution in [0, 0.1) is 0 Å². The number of fused-ring (bicyclic) bond motifs is 1. The Morgan fingerprint density at radius 2 is 1.53 bits per heavy atom. The largest absolute Gasteiger partial charge is 0.489 e. The Labute approximate surface area is 219 Å². The molecule has 0 radical (unpaired) electrons. The van der Waals surface area contributed by atoms with E-state index >= 15 is 0 Å². The molecule has 5 rings (SSSR count). The third kappa shape index (κ3) is 5.27. The second-order valence-electron chi connectivity index (χ2n) is 8.91. The smallest absolute Gasteiger partial charge is 0.332 e. The van der Waals surface area contributed by atoms with Crippen molar-refractivity contribution in [1.29, 1.82) is 0 Å². The molecule has 0 aliphatic heterocycles. The van der Waals surface area contributed by atoms with Gasteiger partial charge in [0.15, 0.2) is 11.2 Å². The summed E-state index contributed by atoms with van der Waals surface area (Å²) in [6.07, 6.45) is 2.35. The first-order valence-corrected chi connectivity index (χ1v) is 12.3. The third-order valence-electron chi connectivity index (χ3n) is 6.32. The summed E-state index contributed by atoms with van der Waals surface area (Å²) in [7, 11) is 3.07. The number of hydrogen-bond acceptors (Lipinski definition) is 6. The monoisotopic (exact) mass is 508 g/mol. The van der Waals surface area contributed by atoms with E-state index in [-0.39, 0.29) is 0 Å². The van der Waals surface area contributed by atoms with Crippen LogP contribution < -0.4 is 21.4 Å². The third-order valence-corrected chi connectivity index (χ3v) is 6.32. The van der Waals surface area contributed by atoms with Gasteiger partial charge >= 0.3 is 5.69 Å². The highest BCUT2D eigenvalue weighted by Gasteiger charge is 2.19. The fourth-order valence-corrected chi connectivity index (χ4v) is 4.19. The molecule has 0 aliphatic rings. The predicted octanol–water partition coefficient (Wildman–Crippen LogP) is 3.70. The van der Waals surface area contributed by atoms with Gasteiger partial charge in [-0.2, -0.15) is 10.1 Å². The molecule has 1 N–H and O–H groups in total. The average Bonchev–Trinajstić information content (AvgIpc) is 3.33. The van der Waals surface area contributed by atoms with Gasteiger partial charge in [0.2, 0.25) is 5.95 Å². The van der Waals surface area contributed by atoms with Gasteiger partial charge in [-0.25, -0.2) is 10.2 Å². The highest BCUT2D eigenvalue weighted by molar-refractivity contribution is 5.80. The lowest BCUT2D eigenvalue weighted by Gasteiger charge is -2.09. The normalized spacial score (nSPS) is 11.3. The molecule has 38 heavy (non-hydrogen) atoms. The Bertz CT molecular complexity index is 1680. The fraction of sp³-hybridized carbons (Fsp3) is 0.172. The standard InChI is InChI=1S/C29H28N6O3/c1-33-26-25(27(36)34(2)29(33)37)35(18-17-21-9-5-3-6-10-21)28(31-26)32-30-19-22-13-15-24(16-14-22)38-20-23-11-7-4-8-12-23/h3-16,19H,17-18,20H2,1-2H3,(H,31,32). The van der Waals surface area contributed by atoms with E-state index in [1.807, 2.05) is 84.9 Å². The van der Waals surface area contributed by atoms with Crippen LogP contribution in [0.1, 0.15) is 16.7 Å². The van der Waals surface area contributed by atoms with Crippen LogP contribution in [0.4, 0.5) is 5.95 Å². The summed E-state index contributed by atoms with van der Waals surface area (Å²) in [6, 6.07) is 27.6. The van der Waals surface area contributed by atoms with Crippen molar-refractivity contribution < 1.29 is 4.74 Å². The van der Waals surface area contributed by atoms with E-state index in [4.69, 9.17) is 4.74 Å². The Hall–Kier alpha value is -4.92. The van der Waals surface area contributed by atoms with Crippen molar-refractivity contribution in [2.75, 3.05) is 5.43 Å². The van der Waals surface area contributed by atoms with Crippen molar-refractivity contribution in [3.8, 4) is 5.75 Å². The highest BCUT2D eigenvalue weighted by atomic mass is 16.5. The SMILES string of the molecule is Cn1c(=O)c2c(nc(NN=Cc3ccc(OCc4ccccc4)cc3)n2CCc2ccccc2)n(C)c1=O. The van der Waals surface area contributed by atoms with Gasteiger partial charge in [-0.3, -0.25) is 13.9 Å². The van der Waals surface area contributed by atoms with Crippen molar-refractivity contribution in [3.63, 3.8) is 0 Å². The average molecular weight is 509 g/mol. The van der Waals surface area contributed by atoms with Crippen molar-refractivity contribution in [3.05, 3.63) is 122 Å². The molecule has 0 saturated carbocycles. The van der Waals surface area contributed by atoms with Crippen LogP contribution in [-0.4, -0.2) is 24.9 Å². The molecule has 0 amide bonds. The van der Waals surface area contributed by atoms with E-state index in [1.165, 1.54) is 11.6 Å². The zero-order valence-electron chi connectivity index (χ0n) is 21.2. The molecule has 0 atom stereocenters. The quantitative estimate of drug-likeness (QED) is 0.242. The maximum absolute atomic E-state index is 13.0. The van der Waals surface area contributed by atoms with E-state index < -0.39 is 11.2 Å². The zero-order valence-corrected chi connectivity index (χ0v) is 21.2. The van der Waals surface area contributed by atoms with Crippen LogP contribution in [0.25, 0.3) is 11.2 Å². The summed E-state index contributed by atoms with van der Waals surface area (Å²) in [5.41, 5.74) is 5.89. The van der Waals surface area contributed by atoms with Crippen molar-refractivity contribution in [2.24, 2.45) is 19.2 Å². The number of anilines is 1. The van der Waals surface area contributed by atoms with Crippen LogP contribution in [0.3, 0.4) is 0 Å². The maximum atomic E-state index is 13.0. The Balaban J connectivity index is 1.36. The van der Waals surface area contributed by atoms with Crippen molar-refractivity contribution in [1.82, 2.24) is 18.7 Å². The van der Waals surface area contributed by atoms with Crippen LogP contribution in [0.2, 0.25) is 0 Å². The molecule has 3 aromatic carbocycles. The number of ether oxygens (including phenoxy) is 1. The molecular weight excluding hydrogens is 480 g/mol. The Morgan fingerprint density at radius 1 is 0.868 bits per heavy atom. The number of aryl methyl sites for hydroxylation is 3.